The summed E-state index contributed by atoms with van der Waals surface area (Å²) in [5, 5.41) is 4.98. The molecule has 60 heavy (non-hydrogen) atoms. The van der Waals surface area contributed by atoms with Crippen LogP contribution in [-0.4, -0.2) is 31.8 Å². The quantitative estimate of drug-likeness (QED) is 0.122. The number of hydrogen-bond donors (Lipinski definition) is 0. The van der Waals surface area contributed by atoms with Crippen molar-refractivity contribution < 1.29 is 13.0 Å². The van der Waals surface area contributed by atoms with Crippen LogP contribution in [0.2, 0.25) is 0 Å². The third-order valence-electron chi connectivity index (χ3n) is 13.1. The maximum absolute atomic E-state index is 15.3. The van der Waals surface area contributed by atoms with Crippen LogP contribution in [0.4, 0.5) is 11.4 Å². The molecule has 0 saturated heterocycles. The van der Waals surface area contributed by atoms with Gasteiger partial charge in [0.15, 0.2) is 5.71 Å². The molecule has 302 valence electrons. The van der Waals surface area contributed by atoms with Gasteiger partial charge in [-0.15, -0.1) is 0 Å². The Bertz CT molecular complexity index is 2960. The van der Waals surface area contributed by atoms with E-state index in [-0.39, 0.29) is 10.8 Å². The fourth-order valence-electron chi connectivity index (χ4n) is 10.2. The molecule has 9 rings (SSSR count). The van der Waals surface area contributed by atoms with E-state index in [1.54, 1.807) is 12.1 Å². The zero-order chi connectivity index (χ0) is 41.8. The number of rotatable bonds is 11. The minimum atomic E-state index is -3.98. The van der Waals surface area contributed by atoms with E-state index in [1.807, 2.05) is 30.3 Å². The predicted octanol–water partition coefficient (Wildman–Crippen LogP) is 13.5. The number of sulfone groups is 1. The lowest BCUT2D eigenvalue weighted by atomic mass is 9.79. The van der Waals surface area contributed by atoms with Crippen LogP contribution in [0, 0.1) is 0 Å². The first-order valence-corrected chi connectivity index (χ1v) is 23.2. The summed E-state index contributed by atoms with van der Waals surface area (Å²) >= 11 is 0. The molecule has 3 aliphatic rings. The minimum absolute atomic E-state index is 0.291. The molecule has 0 radical (unpaired) electrons. The Morgan fingerprint density at radius 3 is 1.93 bits per heavy atom. The van der Waals surface area contributed by atoms with Crippen molar-refractivity contribution >= 4 is 59.6 Å². The summed E-state index contributed by atoms with van der Waals surface area (Å²) in [5.74, 6) is 0. The second kappa shape index (κ2) is 15.4. The van der Waals surface area contributed by atoms with Gasteiger partial charge in [0.25, 0.3) is 0 Å². The standard InChI is InChI=1S/C55H55N2O2S/c1-7-9-36-56-47-32-28-38-20-14-16-24-41(38)51(47)54(3,4)49(56)34-30-45-43-26-18-19-27-44(43)46(53(45)60(58,59)40-22-12-11-13-23-40)31-35-50-55(5,6)52-42-25-17-15-21-39(42)29-33-48(52)57(50)37-10-8-2/h11-35H,7-10,36-37H2,1-6H3/q+1. The largest absolute Gasteiger partial charge is 0.344 e. The molecular weight excluding hydrogens is 753 g/mol. The van der Waals surface area contributed by atoms with Crippen LogP contribution in [0.1, 0.15) is 89.5 Å². The first kappa shape index (κ1) is 39.7. The molecule has 5 heteroatoms. The zero-order valence-electron chi connectivity index (χ0n) is 35.8. The van der Waals surface area contributed by atoms with Crippen molar-refractivity contribution in [3.05, 3.63) is 185 Å². The maximum atomic E-state index is 15.3. The van der Waals surface area contributed by atoms with Gasteiger partial charge in [-0.25, -0.2) is 8.42 Å². The maximum Gasteiger partial charge on any atom is 0.210 e. The summed E-state index contributed by atoms with van der Waals surface area (Å²) in [4.78, 5) is 3.12. The Balaban J connectivity index is 1.26. The molecule has 2 aliphatic heterocycles. The minimum Gasteiger partial charge on any atom is -0.344 e. The summed E-state index contributed by atoms with van der Waals surface area (Å²) in [5.41, 5.74) is 10.1. The van der Waals surface area contributed by atoms with E-state index < -0.39 is 9.84 Å². The predicted molar refractivity (Wildman–Crippen MR) is 253 cm³/mol. The summed E-state index contributed by atoms with van der Waals surface area (Å²) in [6, 6.07) is 43.5. The fourth-order valence-corrected chi connectivity index (χ4v) is 11.9. The third kappa shape index (κ3) is 6.32. The monoisotopic (exact) mass is 807 g/mol. The number of allylic oxidation sites excluding steroid dienone is 7. The van der Waals surface area contributed by atoms with Gasteiger partial charge in [0, 0.05) is 58.6 Å². The molecule has 4 nitrogen and oxygen atoms in total. The van der Waals surface area contributed by atoms with E-state index in [4.69, 9.17) is 0 Å². The van der Waals surface area contributed by atoms with Crippen molar-refractivity contribution in [2.45, 2.75) is 83.0 Å². The summed E-state index contributed by atoms with van der Waals surface area (Å²) in [6.45, 7) is 15.5. The van der Waals surface area contributed by atoms with Gasteiger partial charge in [-0.05, 0) is 94.9 Å². The highest BCUT2D eigenvalue weighted by molar-refractivity contribution is 7.96. The average Bonchev–Trinajstić information content (AvgIpc) is 3.79. The Morgan fingerprint density at radius 1 is 0.617 bits per heavy atom. The highest BCUT2D eigenvalue weighted by atomic mass is 32.2. The van der Waals surface area contributed by atoms with E-state index in [9.17, 15) is 0 Å². The highest BCUT2D eigenvalue weighted by Gasteiger charge is 2.46. The number of anilines is 1. The van der Waals surface area contributed by atoms with Crippen LogP contribution in [0.15, 0.2) is 167 Å². The number of nitrogens with zero attached hydrogens (tertiary/aromatic N) is 2. The van der Waals surface area contributed by atoms with Gasteiger partial charge in [-0.3, -0.25) is 0 Å². The molecule has 1 aliphatic carbocycles. The summed E-state index contributed by atoms with van der Waals surface area (Å²) in [6.07, 6.45) is 12.9. The van der Waals surface area contributed by atoms with E-state index in [2.05, 4.69) is 160 Å². The van der Waals surface area contributed by atoms with E-state index in [0.717, 1.165) is 61.0 Å². The molecule has 6 aromatic carbocycles. The topological polar surface area (TPSA) is 40.4 Å². The van der Waals surface area contributed by atoms with Gasteiger partial charge in [-0.1, -0.05) is 144 Å². The highest BCUT2D eigenvalue weighted by Crippen LogP contribution is 2.52. The molecule has 0 aromatic heterocycles. The third-order valence-corrected chi connectivity index (χ3v) is 15.0. The van der Waals surface area contributed by atoms with Crippen LogP contribution in [0.5, 0.6) is 0 Å². The van der Waals surface area contributed by atoms with Gasteiger partial charge in [0.05, 0.1) is 15.2 Å². The van der Waals surface area contributed by atoms with Gasteiger partial charge in [-0.2, -0.15) is 4.58 Å². The Labute approximate surface area is 356 Å². The lowest BCUT2D eigenvalue weighted by molar-refractivity contribution is -0.438. The molecule has 6 aromatic rings. The molecule has 0 fully saturated rings. The SMILES string of the molecule is CCCCN1/C(=C/C=C2C(S(=O)(=O)c3ccccc3)=C(/C=C/C3=[N+](CCCC)c4ccc5ccccc5c4C3(C)C)c3ccccc3/2)C(C)(C)c2c1ccc1ccccc21. The van der Waals surface area contributed by atoms with Gasteiger partial charge in [0.1, 0.15) is 6.54 Å². The molecular formula is C55H55N2O2S+. The van der Waals surface area contributed by atoms with Gasteiger partial charge < -0.3 is 4.90 Å². The molecule has 0 amide bonds. The van der Waals surface area contributed by atoms with Crippen molar-refractivity contribution in [1.29, 1.82) is 0 Å². The van der Waals surface area contributed by atoms with Crippen molar-refractivity contribution in [3.63, 3.8) is 0 Å². The number of benzene rings is 6. The van der Waals surface area contributed by atoms with Crippen LogP contribution >= 0.6 is 0 Å². The van der Waals surface area contributed by atoms with Crippen LogP contribution in [0.3, 0.4) is 0 Å². The average molecular weight is 808 g/mol. The lowest BCUT2D eigenvalue weighted by Gasteiger charge is -2.27. The van der Waals surface area contributed by atoms with Gasteiger partial charge >= 0.3 is 0 Å². The smallest absolute Gasteiger partial charge is 0.210 e. The van der Waals surface area contributed by atoms with Crippen molar-refractivity contribution in [2.75, 3.05) is 18.0 Å². The van der Waals surface area contributed by atoms with Crippen LogP contribution in [-0.2, 0) is 20.7 Å². The van der Waals surface area contributed by atoms with Crippen molar-refractivity contribution in [2.24, 2.45) is 0 Å². The first-order valence-electron chi connectivity index (χ1n) is 21.7. The molecule has 0 unspecified atom stereocenters. The molecule has 0 bridgehead atoms. The number of hydrogen-bond acceptors (Lipinski definition) is 3. The van der Waals surface area contributed by atoms with Crippen LogP contribution in [0.25, 0.3) is 32.7 Å². The molecule has 2 heterocycles. The van der Waals surface area contributed by atoms with Crippen molar-refractivity contribution in [1.82, 2.24) is 0 Å². The van der Waals surface area contributed by atoms with Crippen LogP contribution < -0.4 is 4.90 Å². The second-order valence-electron chi connectivity index (χ2n) is 17.6. The van der Waals surface area contributed by atoms with E-state index in [0.29, 0.717) is 9.80 Å². The summed E-state index contributed by atoms with van der Waals surface area (Å²) in [7, 11) is -3.98. The Morgan fingerprint density at radius 2 is 1.23 bits per heavy atom. The Kier molecular flexibility index (Phi) is 10.2. The molecule has 0 atom stereocenters. The number of unbranched alkanes of at least 4 members (excludes halogenated alkanes) is 2. The zero-order valence-corrected chi connectivity index (χ0v) is 36.6. The Hall–Kier alpha value is -5.78. The molecule has 0 spiro atoms. The lowest BCUT2D eigenvalue weighted by Crippen LogP contribution is -2.28. The van der Waals surface area contributed by atoms with E-state index in [1.165, 1.54) is 55.5 Å². The molecule has 0 N–H and O–H groups in total. The normalized spacial score (nSPS) is 18.1. The fraction of sp³-hybridized carbons (Fsp3) is 0.255. The molecule has 0 saturated carbocycles. The van der Waals surface area contributed by atoms with Gasteiger partial charge in [0.2, 0.25) is 15.5 Å². The van der Waals surface area contributed by atoms with Crippen molar-refractivity contribution in [3.8, 4) is 0 Å². The first-order chi connectivity index (χ1) is 29.0. The second-order valence-corrected chi connectivity index (χ2v) is 19.5. The number of fused-ring (bicyclic) bond motifs is 7. The van der Waals surface area contributed by atoms with E-state index >= 15 is 8.42 Å². The summed E-state index contributed by atoms with van der Waals surface area (Å²) < 4.78 is 33.0.